The Bertz CT molecular complexity index is 2110. The average molecular weight is 480 g/mol. The van der Waals surface area contributed by atoms with Crippen LogP contribution in [-0.2, 0) is 0 Å². The molecule has 0 aliphatic carbocycles. The summed E-state index contributed by atoms with van der Waals surface area (Å²) < 4.78 is 3.38. The van der Waals surface area contributed by atoms with Crippen molar-refractivity contribution in [2.24, 2.45) is 0 Å². The van der Waals surface area contributed by atoms with E-state index >= 15 is 0 Å². The van der Waals surface area contributed by atoms with Crippen LogP contribution >= 0.6 is 11.3 Å². The highest BCUT2D eigenvalue weighted by atomic mass is 32.1. The first kappa shape index (κ1) is 19.6. The van der Waals surface area contributed by atoms with Gasteiger partial charge in [0.15, 0.2) is 0 Å². The molecule has 0 saturated carbocycles. The zero-order valence-corrected chi connectivity index (χ0v) is 19.8. The Labute approximate surface area is 209 Å². The van der Waals surface area contributed by atoms with Crippen LogP contribution in [0.25, 0.3) is 70.2 Å². The van der Waals surface area contributed by atoms with Crippen LogP contribution in [-0.4, -0.2) is 24.5 Å². The summed E-state index contributed by atoms with van der Waals surface area (Å²) in [5.74, 6) is 0.662. The number of nitrogens with zero attached hydrogens (tertiary/aromatic N) is 5. The Hall–Kier alpha value is -4.68. The van der Waals surface area contributed by atoms with E-state index in [1.807, 2.05) is 36.5 Å². The van der Waals surface area contributed by atoms with E-state index in [0.29, 0.717) is 5.95 Å². The fourth-order valence-corrected chi connectivity index (χ4v) is 6.36. The molecule has 8 aromatic rings. The molecule has 4 aromatic heterocycles. The lowest BCUT2D eigenvalue weighted by Crippen LogP contribution is -2.03. The molecule has 0 unspecified atom stereocenters. The van der Waals surface area contributed by atoms with Crippen molar-refractivity contribution in [1.29, 1.82) is 0 Å². The number of benzene rings is 4. The predicted octanol–water partition coefficient (Wildman–Crippen LogP) is 7.55. The van der Waals surface area contributed by atoms with Crippen LogP contribution in [0.2, 0.25) is 0 Å². The van der Waals surface area contributed by atoms with Gasteiger partial charge in [-0.2, -0.15) is 0 Å². The number of rotatable bonds is 2. The van der Waals surface area contributed by atoms with Crippen molar-refractivity contribution >= 4 is 64.3 Å². The molecule has 6 heteroatoms. The fourth-order valence-electron chi connectivity index (χ4n) is 5.21. The van der Waals surface area contributed by atoms with E-state index in [-0.39, 0.29) is 0 Å². The van der Waals surface area contributed by atoms with Crippen LogP contribution < -0.4 is 0 Å². The molecule has 168 valence electrons. The summed E-state index contributed by atoms with van der Waals surface area (Å²) in [7, 11) is 0. The molecule has 0 fully saturated rings. The molecular formula is C30H17N5S. The molecule has 0 atom stereocenters. The van der Waals surface area contributed by atoms with Crippen LogP contribution in [0, 0.1) is 0 Å². The molecule has 36 heavy (non-hydrogen) atoms. The predicted molar refractivity (Wildman–Crippen MR) is 148 cm³/mol. The molecule has 0 N–H and O–H groups in total. The molecule has 0 amide bonds. The van der Waals surface area contributed by atoms with Gasteiger partial charge in [-0.3, -0.25) is 4.57 Å². The van der Waals surface area contributed by atoms with Gasteiger partial charge >= 0.3 is 0 Å². The molecule has 4 heterocycles. The van der Waals surface area contributed by atoms with Crippen LogP contribution in [0.5, 0.6) is 0 Å². The van der Waals surface area contributed by atoms with Crippen molar-refractivity contribution in [3.63, 3.8) is 0 Å². The molecule has 0 saturated heterocycles. The van der Waals surface area contributed by atoms with E-state index in [2.05, 4.69) is 75.2 Å². The molecular weight excluding hydrogens is 462 g/mol. The normalized spacial score (nSPS) is 11.9. The van der Waals surface area contributed by atoms with Gasteiger partial charge < -0.3 is 0 Å². The smallest absolute Gasteiger partial charge is 0.235 e. The Balaban J connectivity index is 1.57. The minimum absolute atomic E-state index is 0.662. The molecule has 0 radical (unpaired) electrons. The standard InChI is InChI=1S/C30H17N5S/c1-2-8-18(9-3-1)26-22-11-4-6-12-24(22)33-30(34-26)35-25-13-7-5-10-19(25)20-14-15-21-23-16-31-17-32-29(23)36-28(21)27(20)35/h1-17H. The van der Waals surface area contributed by atoms with E-state index in [0.717, 1.165) is 53.5 Å². The van der Waals surface area contributed by atoms with E-state index in [9.17, 15) is 0 Å². The zero-order chi connectivity index (χ0) is 23.6. The first-order chi connectivity index (χ1) is 17.9. The highest BCUT2D eigenvalue weighted by Crippen LogP contribution is 2.42. The Morgan fingerprint density at radius 3 is 2.33 bits per heavy atom. The quantitative estimate of drug-likeness (QED) is 0.257. The third-order valence-electron chi connectivity index (χ3n) is 6.79. The second kappa shape index (κ2) is 7.41. The lowest BCUT2D eigenvalue weighted by atomic mass is 10.1. The lowest BCUT2D eigenvalue weighted by molar-refractivity contribution is 1.02. The van der Waals surface area contributed by atoms with Gasteiger partial charge in [-0.15, -0.1) is 11.3 Å². The Morgan fingerprint density at radius 2 is 1.42 bits per heavy atom. The average Bonchev–Trinajstić information content (AvgIpc) is 3.49. The van der Waals surface area contributed by atoms with Gasteiger partial charge in [-0.05, 0) is 12.1 Å². The zero-order valence-electron chi connectivity index (χ0n) is 19.0. The summed E-state index contributed by atoms with van der Waals surface area (Å²) in [6.07, 6.45) is 3.52. The largest absolute Gasteiger partial charge is 0.276 e. The van der Waals surface area contributed by atoms with Crippen molar-refractivity contribution in [1.82, 2.24) is 24.5 Å². The lowest BCUT2D eigenvalue weighted by Gasteiger charge is -2.12. The van der Waals surface area contributed by atoms with Crippen molar-refractivity contribution in [3.8, 4) is 17.2 Å². The SMILES string of the molecule is c1ccc(-c2nc(-n3c4ccccc4c4ccc5c6cncnc6sc5c43)nc3ccccc23)cc1. The maximum absolute atomic E-state index is 5.20. The van der Waals surface area contributed by atoms with Crippen molar-refractivity contribution in [2.75, 3.05) is 0 Å². The molecule has 0 bridgehead atoms. The number of thiophene rings is 1. The highest BCUT2D eigenvalue weighted by Gasteiger charge is 2.20. The second-order valence-corrected chi connectivity index (χ2v) is 9.79. The monoisotopic (exact) mass is 479 g/mol. The van der Waals surface area contributed by atoms with Gasteiger partial charge in [0.25, 0.3) is 0 Å². The van der Waals surface area contributed by atoms with E-state index in [1.165, 1.54) is 10.8 Å². The van der Waals surface area contributed by atoms with Gasteiger partial charge in [0.05, 0.1) is 26.9 Å². The van der Waals surface area contributed by atoms with Crippen molar-refractivity contribution in [2.45, 2.75) is 0 Å². The van der Waals surface area contributed by atoms with E-state index in [1.54, 1.807) is 17.7 Å². The second-order valence-electron chi connectivity index (χ2n) is 8.79. The summed E-state index contributed by atoms with van der Waals surface area (Å²) >= 11 is 1.69. The molecule has 5 nitrogen and oxygen atoms in total. The first-order valence-corrected chi connectivity index (χ1v) is 12.6. The molecule has 8 rings (SSSR count). The van der Waals surface area contributed by atoms with Gasteiger partial charge in [0.1, 0.15) is 11.2 Å². The third kappa shape index (κ3) is 2.70. The molecule has 4 aromatic carbocycles. The highest BCUT2D eigenvalue weighted by molar-refractivity contribution is 7.26. The minimum Gasteiger partial charge on any atom is -0.276 e. The van der Waals surface area contributed by atoms with E-state index < -0.39 is 0 Å². The maximum Gasteiger partial charge on any atom is 0.235 e. The summed E-state index contributed by atoms with van der Waals surface area (Å²) in [5, 5.41) is 5.61. The maximum atomic E-state index is 5.20. The summed E-state index contributed by atoms with van der Waals surface area (Å²) in [4.78, 5) is 20.1. The summed E-state index contributed by atoms with van der Waals surface area (Å²) in [6, 6.07) is 31.4. The number of fused-ring (bicyclic) bond motifs is 8. The van der Waals surface area contributed by atoms with Gasteiger partial charge in [-0.25, -0.2) is 19.9 Å². The summed E-state index contributed by atoms with van der Waals surface area (Å²) in [5.41, 5.74) is 5.10. The molecule has 0 aliphatic heterocycles. The van der Waals surface area contributed by atoms with Crippen LogP contribution in [0.3, 0.4) is 0 Å². The van der Waals surface area contributed by atoms with Crippen molar-refractivity contribution in [3.05, 3.63) is 104 Å². The van der Waals surface area contributed by atoms with Crippen LogP contribution in [0.4, 0.5) is 0 Å². The van der Waals surface area contributed by atoms with Crippen LogP contribution in [0.1, 0.15) is 0 Å². The van der Waals surface area contributed by atoms with Crippen molar-refractivity contribution < 1.29 is 0 Å². The number of aromatic nitrogens is 5. The first-order valence-electron chi connectivity index (χ1n) is 11.7. The number of para-hydroxylation sites is 2. The van der Waals surface area contributed by atoms with E-state index in [4.69, 9.17) is 9.97 Å². The molecule has 0 spiro atoms. The number of hydrogen-bond donors (Lipinski definition) is 0. The third-order valence-corrected chi connectivity index (χ3v) is 7.93. The minimum atomic E-state index is 0.662. The van der Waals surface area contributed by atoms with Gasteiger partial charge in [0, 0.05) is 38.7 Å². The summed E-state index contributed by atoms with van der Waals surface area (Å²) in [6.45, 7) is 0. The van der Waals surface area contributed by atoms with Gasteiger partial charge in [-0.1, -0.05) is 78.9 Å². The fraction of sp³-hybridized carbons (Fsp3) is 0. The topological polar surface area (TPSA) is 56.5 Å². The van der Waals surface area contributed by atoms with Crippen LogP contribution in [0.15, 0.2) is 104 Å². The molecule has 0 aliphatic rings. The van der Waals surface area contributed by atoms with Gasteiger partial charge in [0.2, 0.25) is 5.95 Å². The number of hydrogen-bond acceptors (Lipinski definition) is 5. The Morgan fingerprint density at radius 1 is 0.639 bits per heavy atom. The Kier molecular flexibility index (Phi) is 4.03.